The molecule has 0 saturated carbocycles. The van der Waals surface area contributed by atoms with Crippen molar-refractivity contribution < 1.29 is 19.4 Å². The number of hydrazone groups is 1. The zero-order chi connectivity index (χ0) is 17.2. The molecule has 7 nitrogen and oxygen atoms in total. The van der Waals surface area contributed by atoms with E-state index in [1.165, 1.54) is 5.01 Å². The topological polar surface area (TPSA) is 91.2 Å². The van der Waals surface area contributed by atoms with Crippen molar-refractivity contribution in [3.05, 3.63) is 30.3 Å². The Balaban J connectivity index is 1.73. The molecule has 2 N–H and O–H groups in total. The van der Waals surface area contributed by atoms with Crippen LogP contribution in [0.15, 0.2) is 35.4 Å². The van der Waals surface area contributed by atoms with Crippen molar-refractivity contribution in [3.63, 3.8) is 0 Å². The lowest BCUT2D eigenvalue weighted by Gasteiger charge is -2.26. The predicted molar refractivity (Wildman–Crippen MR) is 88.9 cm³/mol. The molecule has 2 aliphatic heterocycles. The summed E-state index contributed by atoms with van der Waals surface area (Å²) in [6, 6.07) is 8.48. The standard InChI is InChI=1S/C17H21N3O4/c1-17(7-8-24-11-17)10-18-15(21)14-9-13(16(22)23)19-20(14)12-5-3-2-4-6-12/h2-6,14H,7-11H2,1H3,(H,18,21)(H,22,23). The Labute approximate surface area is 140 Å². The molecular formula is C17H21N3O4. The third-order valence-electron chi connectivity index (χ3n) is 4.47. The number of nitrogens with one attached hydrogen (secondary N) is 1. The second-order valence-electron chi connectivity index (χ2n) is 6.58. The van der Waals surface area contributed by atoms with Gasteiger partial charge in [-0.05, 0) is 18.6 Å². The van der Waals surface area contributed by atoms with Gasteiger partial charge in [0, 0.05) is 25.0 Å². The summed E-state index contributed by atoms with van der Waals surface area (Å²) in [5, 5.41) is 17.8. The first-order valence-corrected chi connectivity index (χ1v) is 7.99. The molecule has 0 spiro atoms. The first-order chi connectivity index (χ1) is 11.5. The van der Waals surface area contributed by atoms with Gasteiger partial charge in [-0.15, -0.1) is 0 Å². The van der Waals surface area contributed by atoms with E-state index in [0.717, 1.165) is 6.42 Å². The highest BCUT2D eigenvalue weighted by atomic mass is 16.5. The molecule has 128 valence electrons. The van der Waals surface area contributed by atoms with E-state index in [1.54, 1.807) is 12.1 Å². The molecule has 1 fully saturated rings. The van der Waals surface area contributed by atoms with Crippen molar-refractivity contribution in [2.24, 2.45) is 10.5 Å². The zero-order valence-corrected chi connectivity index (χ0v) is 13.6. The zero-order valence-electron chi connectivity index (χ0n) is 13.6. The van der Waals surface area contributed by atoms with E-state index in [4.69, 9.17) is 4.74 Å². The van der Waals surface area contributed by atoms with Crippen LogP contribution in [0.2, 0.25) is 0 Å². The number of anilines is 1. The quantitative estimate of drug-likeness (QED) is 0.847. The second kappa shape index (κ2) is 6.60. The van der Waals surface area contributed by atoms with Gasteiger partial charge in [-0.25, -0.2) is 4.79 Å². The SMILES string of the molecule is CC1(CNC(=O)C2CC(C(=O)O)=NN2c2ccccc2)CCOC1. The summed E-state index contributed by atoms with van der Waals surface area (Å²) in [4.78, 5) is 23.9. The van der Waals surface area contributed by atoms with E-state index in [1.807, 2.05) is 18.2 Å². The molecule has 1 aromatic rings. The number of ether oxygens (including phenoxy) is 1. The van der Waals surface area contributed by atoms with Gasteiger partial charge in [0.25, 0.3) is 0 Å². The van der Waals surface area contributed by atoms with E-state index in [0.29, 0.717) is 25.4 Å². The van der Waals surface area contributed by atoms with E-state index in [2.05, 4.69) is 17.3 Å². The maximum atomic E-state index is 12.6. The van der Waals surface area contributed by atoms with Crippen LogP contribution in [-0.2, 0) is 14.3 Å². The largest absolute Gasteiger partial charge is 0.477 e. The van der Waals surface area contributed by atoms with Gasteiger partial charge in [-0.3, -0.25) is 9.80 Å². The summed E-state index contributed by atoms with van der Waals surface area (Å²) >= 11 is 0. The Morgan fingerprint density at radius 1 is 1.42 bits per heavy atom. The third-order valence-corrected chi connectivity index (χ3v) is 4.47. The first-order valence-electron chi connectivity index (χ1n) is 7.99. The lowest BCUT2D eigenvalue weighted by Crippen LogP contribution is -2.46. The van der Waals surface area contributed by atoms with Crippen molar-refractivity contribution in [2.45, 2.75) is 25.8 Å². The molecule has 2 aliphatic rings. The van der Waals surface area contributed by atoms with Crippen LogP contribution in [-0.4, -0.2) is 48.5 Å². The van der Waals surface area contributed by atoms with Crippen LogP contribution < -0.4 is 10.3 Å². The summed E-state index contributed by atoms with van der Waals surface area (Å²) in [7, 11) is 0. The van der Waals surface area contributed by atoms with Crippen molar-refractivity contribution in [1.82, 2.24) is 5.32 Å². The van der Waals surface area contributed by atoms with Crippen LogP contribution in [0.25, 0.3) is 0 Å². The van der Waals surface area contributed by atoms with Crippen LogP contribution in [0.5, 0.6) is 0 Å². The molecule has 0 aliphatic carbocycles. The highest BCUT2D eigenvalue weighted by Crippen LogP contribution is 2.28. The average Bonchev–Trinajstić information content (AvgIpc) is 3.21. The normalized spacial score (nSPS) is 26.3. The minimum absolute atomic E-state index is 0.00517. The fourth-order valence-electron chi connectivity index (χ4n) is 2.93. The highest BCUT2D eigenvalue weighted by Gasteiger charge is 2.37. The molecule has 24 heavy (non-hydrogen) atoms. The Hall–Kier alpha value is -2.41. The van der Waals surface area contributed by atoms with E-state index in [9.17, 15) is 14.7 Å². The third kappa shape index (κ3) is 3.41. The van der Waals surface area contributed by atoms with Crippen LogP contribution >= 0.6 is 0 Å². The molecule has 7 heteroatoms. The molecule has 1 saturated heterocycles. The number of carbonyl (C=O) groups excluding carboxylic acids is 1. The number of carbonyl (C=O) groups is 2. The molecule has 0 bridgehead atoms. The maximum Gasteiger partial charge on any atom is 0.352 e. The van der Waals surface area contributed by atoms with Gasteiger partial charge < -0.3 is 15.2 Å². The van der Waals surface area contributed by atoms with Crippen LogP contribution in [0, 0.1) is 5.41 Å². The summed E-state index contributed by atoms with van der Waals surface area (Å²) in [5.74, 6) is -1.31. The fourth-order valence-corrected chi connectivity index (χ4v) is 2.93. The van der Waals surface area contributed by atoms with Gasteiger partial charge in [0.15, 0.2) is 0 Å². The highest BCUT2D eigenvalue weighted by molar-refractivity contribution is 6.37. The Kier molecular flexibility index (Phi) is 4.53. The lowest BCUT2D eigenvalue weighted by atomic mass is 9.90. The number of hydrogen-bond acceptors (Lipinski definition) is 5. The maximum absolute atomic E-state index is 12.6. The Morgan fingerprint density at radius 3 is 2.79 bits per heavy atom. The molecule has 0 aromatic heterocycles. The number of carboxylic acids is 1. The number of nitrogens with zero attached hydrogens (tertiary/aromatic N) is 2. The monoisotopic (exact) mass is 331 g/mol. The number of para-hydroxylation sites is 1. The van der Waals surface area contributed by atoms with Gasteiger partial charge in [0.2, 0.25) is 5.91 Å². The van der Waals surface area contributed by atoms with Gasteiger partial charge in [-0.2, -0.15) is 5.10 Å². The summed E-state index contributed by atoms with van der Waals surface area (Å²) in [5.41, 5.74) is 0.626. The molecule has 3 rings (SSSR count). The number of aliphatic carboxylic acids is 1. The van der Waals surface area contributed by atoms with Crippen molar-refractivity contribution in [3.8, 4) is 0 Å². The van der Waals surface area contributed by atoms with Crippen molar-refractivity contribution in [1.29, 1.82) is 0 Å². The molecule has 2 heterocycles. The van der Waals surface area contributed by atoms with E-state index in [-0.39, 0.29) is 23.5 Å². The smallest absolute Gasteiger partial charge is 0.352 e. The summed E-state index contributed by atoms with van der Waals surface area (Å²) in [6.07, 6.45) is 0.987. The second-order valence-corrected chi connectivity index (χ2v) is 6.58. The first kappa shape index (κ1) is 16.4. The minimum atomic E-state index is -1.10. The van der Waals surface area contributed by atoms with Crippen molar-refractivity contribution >= 4 is 23.3 Å². The number of benzene rings is 1. The lowest BCUT2D eigenvalue weighted by molar-refractivity contribution is -0.129. The van der Waals surface area contributed by atoms with Gasteiger partial charge in [0.1, 0.15) is 11.8 Å². The van der Waals surface area contributed by atoms with Crippen molar-refractivity contribution in [2.75, 3.05) is 24.8 Å². The van der Waals surface area contributed by atoms with Gasteiger partial charge in [0.05, 0.1) is 12.3 Å². The molecule has 2 unspecified atom stereocenters. The van der Waals surface area contributed by atoms with E-state index >= 15 is 0 Å². The van der Waals surface area contributed by atoms with E-state index < -0.39 is 12.0 Å². The van der Waals surface area contributed by atoms with Crippen LogP contribution in [0.4, 0.5) is 5.69 Å². The number of rotatable bonds is 5. The fraction of sp³-hybridized carbons (Fsp3) is 0.471. The summed E-state index contributed by atoms with van der Waals surface area (Å²) < 4.78 is 5.39. The molecule has 0 radical (unpaired) electrons. The molecular weight excluding hydrogens is 310 g/mol. The number of carboxylic acid groups (broad SMARTS) is 1. The van der Waals surface area contributed by atoms with Crippen LogP contribution in [0.3, 0.4) is 0 Å². The average molecular weight is 331 g/mol. The number of hydrogen-bond donors (Lipinski definition) is 2. The molecule has 2 atom stereocenters. The van der Waals surface area contributed by atoms with Gasteiger partial charge in [-0.1, -0.05) is 25.1 Å². The Bertz CT molecular complexity index is 653. The van der Waals surface area contributed by atoms with Crippen LogP contribution in [0.1, 0.15) is 19.8 Å². The molecule has 1 amide bonds. The number of amides is 1. The predicted octanol–water partition coefficient (Wildman–Crippen LogP) is 1.25. The summed E-state index contributed by atoms with van der Waals surface area (Å²) in [6.45, 7) is 3.91. The minimum Gasteiger partial charge on any atom is -0.477 e. The molecule has 1 aromatic carbocycles. The Morgan fingerprint density at radius 2 is 2.17 bits per heavy atom. The van der Waals surface area contributed by atoms with Gasteiger partial charge >= 0.3 is 5.97 Å².